The van der Waals surface area contributed by atoms with Crippen LogP contribution in [-0.4, -0.2) is 15.5 Å². The van der Waals surface area contributed by atoms with E-state index < -0.39 is 10.0 Å². The zero-order valence-corrected chi connectivity index (χ0v) is 15.9. The van der Waals surface area contributed by atoms with Gasteiger partial charge in [0, 0.05) is 6.04 Å². The van der Waals surface area contributed by atoms with Crippen molar-refractivity contribution in [3.8, 4) is 5.75 Å². The van der Waals surface area contributed by atoms with Crippen LogP contribution in [-0.2, 0) is 10.0 Å². The van der Waals surface area contributed by atoms with Gasteiger partial charge in [0.05, 0.1) is 12.0 Å². The number of aryl methyl sites for hydroxylation is 2. The van der Waals surface area contributed by atoms with Gasteiger partial charge >= 0.3 is 0 Å². The maximum absolute atomic E-state index is 12.8. The lowest BCUT2D eigenvalue weighted by molar-refractivity contribution is 0.410. The third kappa shape index (κ3) is 3.62. The Hall–Kier alpha value is -1.85. The standard InChI is InChI=1S/C19H25NO3S/c1-12-7-8-17(11-13(12)2)16(5)20-24(21,22)19-10-9-18(23-6)14(3)15(19)4/h7-11,16,20H,1-6H3/t16-/m0/s1. The lowest BCUT2D eigenvalue weighted by Gasteiger charge is -2.18. The van der Waals surface area contributed by atoms with Crippen molar-refractivity contribution in [3.05, 3.63) is 58.1 Å². The molecule has 24 heavy (non-hydrogen) atoms. The molecule has 2 rings (SSSR count). The Kier molecular flexibility index (Phi) is 5.35. The molecule has 0 fully saturated rings. The number of hydrogen-bond donors (Lipinski definition) is 1. The van der Waals surface area contributed by atoms with E-state index in [1.165, 1.54) is 5.56 Å². The molecule has 0 aliphatic rings. The number of rotatable bonds is 5. The van der Waals surface area contributed by atoms with Crippen LogP contribution in [0.15, 0.2) is 35.2 Å². The van der Waals surface area contributed by atoms with Crippen LogP contribution >= 0.6 is 0 Å². The minimum Gasteiger partial charge on any atom is -0.496 e. The van der Waals surface area contributed by atoms with Crippen molar-refractivity contribution in [1.29, 1.82) is 0 Å². The second kappa shape index (κ2) is 6.95. The number of methoxy groups -OCH3 is 1. The van der Waals surface area contributed by atoms with Crippen LogP contribution in [0.1, 0.15) is 40.8 Å². The maximum Gasteiger partial charge on any atom is 0.241 e. The molecule has 0 unspecified atom stereocenters. The van der Waals surface area contributed by atoms with E-state index in [-0.39, 0.29) is 10.9 Å². The molecule has 130 valence electrons. The quantitative estimate of drug-likeness (QED) is 0.890. The molecule has 2 aromatic carbocycles. The predicted octanol–water partition coefficient (Wildman–Crippen LogP) is 3.97. The van der Waals surface area contributed by atoms with E-state index in [4.69, 9.17) is 4.74 Å². The van der Waals surface area contributed by atoms with Crippen LogP contribution in [0, 0.1) is 27.7 Å². The highest BCUT2D eigenvalue weighted by molar-refractivity contribution is 7.89. The first-order chi connectivity index (χ1) is 11.2. The average Bonchev–Trinajstić information content (AvgIpc) is 2.51. The van der Waals surface area contributed by atoms with Gasteiger partial charge < -0.3 is 4.74 Å². The summed E-state index contributed by atoms with van der Waals surface area (Å²) in [6.07, 6.45) is 0. The van der Waals surface area contributed by atoms with Gasteiger partial charge in [-0.2, -0.15) is 0 Å². The summed E-state index contributed by atoms with van der Waals surface area (Å²) in [7, 11) is -2.03. The third-order valence-corrected chi connectivity index (χ3v) is 6.25. The van der Waals surface area contributed by atoms with Gasteiger partial charge in [0.15, 0.2) is 0 Å². The third-order valence-electron chi connectivity index (χ3n) is 4.56. The van der Waals surface area contributed by atoms with E-state index in [0.29, 0.717) is 11.3 Å². The molecule has 0 aliphatic heterocycles. The van der Waals surface area contributed by atoms with E-state index >= 15 is 0 Å². The van der Waals surface area contributed by atoms with Crippen LogP contribution in [0.2, 0.25) is 0 Å². The highest BCUT2D eigenvalue weighted by Gasteiger charge is 2.22. The summed E-state index contributed by atoms with van der Waals surface area (Å²) in [5, 5.41) is 0. The molecule has 4 nitrogen and oxygen atoms in total. The molecule has 0 aromatic heterocycles. The molecule has 0 heterocycles. The first-order valence-corrected chi connectivity index (χ1v) is 9.39. The number of nitrogens with one attached hydrogen (secondary N) is 1. The zero-order valence-electron chi connectivity index (χ0n) is 15.1. The average molecular weight is 347 g/mol. The lowest BCUT2D eigenvalue weighted by Crippen LogP contribution is -2.27. The summed E-state index contributed by atoms with van der Waals surface area (Å²) in [6, 6.07) is 8.97. The summed E-state index contributed by atoms with van der Waals surface area (Å²) in [6.45, 7) is 9.58. The number of ether oxygens (including phenoxy) is 1. The molecule has 0 radical (unpaired) electrons. The molecule has 1 atom stereocenters. The molecule has 5 heteroatoms. The number of benzene rings is 2. The smallest absolute Gasteiger partial charge is 0.241 e. The molecule has 0 bridgehead atoms. The lowest BCUT2D eigenvalue weighted by atomic mass is 10.0. The molecule has 0 saturated carbocycles. The zero-order chi connectivity index (χ0) is 18.1. The number of sulfonamides is 1. The normalized spacial score (nSPS) is 12.9. The summed E-state index contributed by atoms with van der Waals surface area (Å²) in [4.78, 5) is 0.288. The predicted molar refractivity (Wildman–Crippen MR) is 97.1 cm³/mol. The van der Waals surface area contributed by atoms with Gasteiger partial charge in [-0.25, -0.2) is 13.1 Å². The Morgan fingerprint density at radius 1 is 0.958 bits per heavy atom. The van der Waals surface area contributed by atoms with Crippen LogP contribution in [0.3, 0.4) is 0 Å². The number of hydrogen-bond acceptors (Lipinski definition) is 3. The van der Waals surface area contributed by atoms with Gasteiger partial charge in [0.25, 0.3) is 0 Å². The fourth-order valence-electron chi connectivity index (χ4n) is 2.68. The van der Waals surface area contributed by atoms with E-state index in [9.17, 15) is 8.42 Å². The molecule has 1 N–H and O–H groups in total. The van der Waals surface area contributed by atoms with E-state index in [1.54, 1.807) is 26.2 Å². The molecule has 2 aromatic rings. The largest absolute Gasteiger partial charge is 0.496 e. The molecular formula is C19H25NO3S. The highest BCUT2D eigenvalue weighted by Crippen LogP contribution is 2.28. The van der Waals surface area contributed by atoms with Gasteiger partial charge in [0.1, 0.15) is 5.75 Å². The van der Waals surface area contributed by atoms with E-state index in [0.717, 1.165) is 16.7 Å². The van der Waals surface area contributed by atoms with Crippen molar-refractivity contribution in [2.75, 3.05) is 7.11 Å². The summed E-state index contributed by atoms with van der Waals surface area (Å²) < 4.78 is 33.6. The van der Waals surface area contributed by atoms with Gasteiger partial charge in [-0.05, 0) is 74.6 Å². The second-order valence-corrected chi connectivity index (χ2v) is 7.89. The Morgan fingerprint density at radius 3 is 2.21 bits per heavy atom. The molecule has 0 spiro atoms. The first kappa shape index (κ1) is 18.5. The van der Waals surface area contributed by atoms with E-state index in [2.05, 4.69) is 4.72 Å². The van der Waals surface area contributed by atoms with Gasteiger partial charge in [-0.3, -0.25) is 0 Å². The molecular weight excluding hydrogens is 322 g/mol. The van der Waals surface area contributed by atoms with Crippen molar-refractivity contribution in [3.63, 3.8) is 0 Å². The Morgan fingerprint density at radius 2 is 1.62 bits per heavy atom. The van der Waals surface area contributed by atoms with E-state index in [1.807, 2.05) is 45.9 Å². The Balaban J connectivity index is 2.34. The topological polar surface area (TPSA) is 55.4 Å². The summed E-state index contributed by atoms with van der Waals surface area (Å²) in [5.74, 6) is 0.689. The van der Waals surface area contributed by atoms with Crippen LogP contribution in [0.4, 0.5) is 0 Å². The molecule has 0 aliphatic carbocycles. The van der Waals surface area contributed by atoms with Crippen molar-refractivity contribution in [2.24, 2.45) is 0 Å². The first-order valence-electron chi connectivity index (χ1n) is 7.91. The fraction of sp³-hybridized carbons (Fsp3) is 0.368. The second-order valence-electron chi connectivity index (χ2n) is 6.20. The maximum atomic E-state index is 12.8. The minimum absolute atomic E-state index is 0.288. The van der Waals surface area contributed by atoms with Crippen molar-refractivity contribution in [1.82, 2.24) is 4.72 Å². The Bertz CT molecular complexity index is 857. The summed E-state index contributed by atoms with van der Waals surface area (Å²) >= 11 is 0. The van der Waals surface area contributed by atoms with Gasteiger partial charge in [-0.1, -0.05) is 18.2 Å². The van der Waals surface area contributed by atoms with Crippen LogP contribution in [0.5, 0.6) is 5.75 Å². The summed E-state index contributed by atoms with van der Waals surface area (Å²) in [5.41, 5.74) is 4.82. The van der Waals surface area contributed by atoms with Crippen LogP contribution < -0.4 is 9.46 Å². The monoisotopic (exact) mass is 347 g/mol. The Labute approximate surface area is 144 Å². The van der Waals surface area contributed by atoms with Crippen molar-refractivity contribution >= 4 is 10.0 Å². The van der Waals surface area contributed by atoms with Gasteiger partial charge in [-0.15, -0.1) is 0 Å². The molecule has 0 saturated heterocycles. The van der Waals surface area contributed by atoms with Gasteiger partial charge in [0.2, 0.25) is 10.0 Å². The van der Waals surface area contributed by atoms with Crippen molar-refractivity contribution < 1.29 is 13.2 Å². The van der Waals surface area contributed by atoms with Crippen molar-refractivity contribution in [2.45, 2.75) is 45.6 Å². The minimum atomic E-state index is -3.61. The molecule has 0 amide bonds. The SMILES string of the molecule is COc1ccc(S(=O)(=O)N[C@@H](C)c2ccc(C)c(C)c2)c(C)c1C. The highest BCUT2D eigenvalue weighted by atomic mass is 32.2. The van der Waals surface area contributed by atoms with Crippen LogP contribution in [0.25, 0.3) is 0 Å². The fourth-order valence-corrected chi connectivity index (χ4v) is 4.21.